The number of methoxy groups -OCH3 is 3. The molecule has 6 rings (SSSR count). The lowest BCUT2D eigenvalue weighted by Crippen LogP contribution is -2.49. The van der Waals surface area contributed by atoms with Crippen LogP contribution in [0.1, 0.15) is 117 Å². The molecule has 0 spiro atoms. The topological polar surface area (TPSA) is 103 Å². The van der Waals surface area contributed by atoms with Crippen molar-refractivity contribution in [1.82, 2.24) is 0 Å². The summed E-state index contributed by atoms with van der Waals surface area (Å²) >= 11 is 0. The van der Waals surface area contributed by atoms with Crippen LogP contribution in [0, 0.1) is 11.8 Å². The highest BCUT2D eigenvalue weighted by Crippen LogP contribution is 2.45. The summed E-state index contributed by atoms with van der Waals surface area (Å²) in [6.07, 6.45) is 5.24. The molecule has 0 saturated carbocycles. The van der Waals surface area contributed by atoms with E-state index < -0.39 is 22.2 Å². The first-order valence-corrected chi connectivity index (χ1v) is 32.5. The second-order valence-corrected chi connectivity index (χ2v) is 33.5. The van der Waals surface area contributed by atoms with Gasteiger partial charge in [-0.15, -0.1) is 0 Å². The number of aliphatic hydroxyl groups is 1. The first-order valence-electron chi connectivity index (χ1n) is 26.7. The molecule has 3 saturated heterocycles. The fourth-order valence-corrected chi connectivity index (χ4v) is 12.8. The van der Waals surface area contributed by atoms with E-state index in [4.69, 9.17) is 42.0 Å². The highest BCUT2D eigenvalue weighted by molar-refractivity contribution is 6.74. The Morgan fingerprint density at radius 3 is 1.81 bits per heavy atom. The predicted molar refractivity (Wildman–Crippen MR) is 295 cm³/mol. The molecule has 3 aliphatic heterocycles. The Hall–Kier alpha value is -3.15. The molecule has 0 aromatic heterocycles. The van der Waals surface area contributed by atoms with Crippen LogP contribution in [0.15, 0.2) is 103 Å². The van der Waals surface area contributed by atoms with Gasteiger partial charge in [0.05, 0.1) is 76.3 Å². The number of aliphatic hydroxyl groups excluding tert-OH is 1. The summed E-state index contributed by atoms with van der Waals surface area (Å²) in [5, 5.41) is 11.0. The normalized spacial score (nSPS) is 26.0. The molecule has 400 valence electrons. The van der Waals surface area contributed by atoms with Gasteiger partial charge < -0.3 is 47.1 Å². The Morgan fingerprint density at radius 2 is 1.26 bits per heavy atom. The first kappa shape index (κ1) is 58.1. The molecule has 10 nitrogen and oxygen atoms in total. The second-order valence-electron chi connectivity index (χ2n) is 23.9. The minimum Gasteiger partial charge on any atom is -0.497 e. The maximum Gasteiger partial charge on any atom is 0.192 e. The SMILES string of the molecule is C=C1C[C@H](CCCOC(c2ccccc2)(c2ccc(OC)cc2)c2ccc(OC)cc2)O[C@H]1CC[C@H]1C[C@@H](C)C(=C)[C@@H](C[C@@H]2O[C@H](C[C@@H](CO[Si](C)(C)C(C)(C)C)O[Si](C)(C)C(C)(C)C)[C@H](OC)[C@H]2CO)O1. The van der Waals surface area contributed by atoms with E-state index in [1.807, 2.05) is 30.3 Å². The molecule has 0 radical (unpaired) electrons. The summed E-state index contributed by atoms with van der Waals surface area (Å²) in [5.74, 6) is 1.66. The van der Waals surface area contributed by atoms with Crippen LogP contribution in [0.2, 0.25) is 36.3 Å². The first-order chi connectivity index (χ1) is 34.0. The maximum atomic E-state index is 10.9. The third-order valence-corrected chi connectivity index (χ3v) is 26.0. The number of hydrogen-bond acceptors (Lipinski definition) is 10. The van der Waals surface area contributed by atoms with Gasteiger partial charge in [0, 0.05) is 32.5 Å². The average molecular weight is 1030 g/mol. The summed E-state index contributed by atoms with van der Waals surface area (Å²) in [5.41, 5.74) is 4.45. The van der Waals surface area contributed by atoms with Gasteiger partial charge in [-0.25, -0.2) is 0 Å². The third-order valence-electron chi connectivity index (χ3n) is 17.0. The molecule has 3 aromatic carbocycles. The van der Waals surface area contributed by atoms with Crippen molar-refractivity contribution in [3.8, 4) is 11.5 Å². The molecule has 0 bridgehead atoms. The summed E-state index contributed by atoms with van der Waals surface area (Å²) < 4.78 is 59.0. The minimum absolute atomic E-state index is 0.0253. The third kappa shape index (κ3) is 13.8. The molecular formula is C60H92O10Si2. The summed E-state index contributed by atoms with van der Waals surface area (Å²) in [7, 11) is 0.892. The minimum atomic E-state index is -2.16. The number of ether oxygens (including phenoxy) is 7. The number of benzene rings is 3. The summed E-state index contributed by atoms with van der Waals surface area (Å²) in [4.78, 5) is 0. The predicted octanol–water partition coefficient (Wildman–Crippen LogP) is 13.2. The smallest absolute Gasteiger partial charge is 0.192 e. The van der Waals surface area contributed by atoms with Gasteiger partial charge in [-0.2, -0.15) is 0 Å². The van der Waals surface area contributed by atoms with Crippen molar-refractivity contribution in [3.05, 3.63) is 120 Å². The lowest BCUT2D eigenvalue weighted by molar-refractivity contribution is -0.0795. The molecular weight excluding hydrogens is 937 g/mol. The van der Waals surface area contributed by atoms with Crippen molar-refractivity contribution >= 4 is 16.6 Å². The fraction of sp³-hybridized carbons (Fsp3) is 0.633. The van der Waals surface area contributed by atoms with E-state index in [-0.39, 0.29) is 77.4 Å². The van der Waals surface area contributed by atoms with E-state index >= 15 is 0 Å². The molecule has 1 N–H and O–H groups in total. The van der Waals surface area contributed by atoms with Gasteiger partial charge in [0.25, 0.3) is 0 Å². The van der Waals surface area contributed by atoms with Gasteiger partial charge in [-0.3, -0.25) is 0 Å². The average Bonchev–Trinajstić information content (AvgIpc) is 3.87. The van der Waals surface area contributed by atoms with Gasteiger partial charge in [-0.05, 0) is 133 Å². The lowest BCUT2D eigenvalue weighted by Gasteiger charge is -2.42. The van der Waals surface area contributed by atoms with E-state index in [1.54, 1.807) is 21.3 Å². The van der Waals surface area contributed by atoms with Crippen LogP contribution in [-0.2, 0) is 38.1 Å². The van der Waals surface area contributed by atoms with Crippen LogP contribution < -0.4 is 9.47 Å². The standard InChI is InChI=1S/C60H92O10Si2/c1-41-35-50(68-54(43(41)3)38-55-52(39-61)57(64-12)56(69-55)37-51(70-72(15,16)59(7,8)9)40-66-71(13,14)58(4,5)6)32-33-53-42(2)36-49(67-53)23-20-34-65-60(44-21-18-17-19-22-44,45-24-28-47(62-10)29-25-45)46-26-30-48(63-11)31-27-46/h17-19,21-22,24-31,41,49-57,61H,2-3,20,23,32-40H2,1,4-16H3/t41-,49+,50+,51+,52+,53+,54-,55+,56-,57-/m1/s1. The fourth-order valence-electron chi connectivity index (χ4n) is 10.4. The van der Waals surface area contributed by atoms with Crippen molar-refractivity contribution in [3.63, 3.8) is 0 Å². The zero-order chi connectivity index (χ0) is 52.6. The second kappa shape index (κ2) is 24.7. The Kier molecular flexibility index (Phi) is 19.9. The van der Waals surface area contributed by atoms with Crippen LogP contribution in [0.4, 0.5) is 0 Å². The maximum absolute atomic E-state index is 10.9. The van der Waals surface area contributed by atoms with E-state index in [0.717, 1.165) is 77.9 Å². The molecule has 12 heteroatoms. The highest BCUT2D eigenvalue weighted by Gasteiger charge is 2.49. The van der Waals surface area contributed by atoms with Crippen LogP contribution in [-0.4, -0.2) is 112 Å². The highest BCUT2D eigenvalue weighted by atomic mass is 28.4. The van der Waals surface area contributed by atoms with Crippen molar-refractivity contribution in [2.75, 3.05) is 41.2 Å². The molecule has 10 atom stereocenters. The molecule has 0 unspecified atom stereocenters. The van der Waals surface area contributed by atoms with Gasteiger partial charge >= 0.3 is 0 Å². The molecule has 72 heavy (non-hydrogen) atoms. The van der Waals surface area contributed by atoms with Crippen molar-refractivity contribution in [2.45, 2.75) is 191 Å². The van der Waals surface area contributed by atoms with Crippen molar-refractivity contribution in [1.29, 1.82) is 0 Å². The quantitative estimate of drug-likeness (QED) is 0.0404. The summed E-state index contributed by atoms with van der Waals surface area (Å²) in [6.45, 7) is 35.1. The lowest BCUT2D eigenvalue weighted by atomic mass is 9.80. The number of hydrogen-bond donors (Lipinski definition) is 1. The van der Waals surface area contributed by atoms with Gasteiger partial charge in [-0.1, -0.05) is 116 Å². The van der Waals surface area contributed by atoms with Crippen molar-refractivity contribution < 1.29 is 47.1 Å². The van der Waals surface area contributed by atoms with E-state index in [1.165, 1.54) is 0 Å². The van der Waals surface area contributed by atoms with Gasteiger partial charge in [0.15, 0.2) is 16.6 Å². The van der Waals surface area contributed by atoms with Gasteiger partial charge in [0.1, 0.15) is 17.1 Å². The largest absolute Gasteiger partial charge is 0.497 e. The van der Waals surface area contributed by atoms with Crippen LogP contribution in [0.25, 0.3) is 0 Å². The Morgan fingerprint density at radius 1 is 0.694 bits per heavy atom. The van der Waals surface area contributed by atoms with E-state index in [0.29, 0.717) is 26.1 Å². The zero-order valence-corrected chi connectivity index (χ0v) is 48.6. The monoisotopic (exact) mass is 1030 g/mol. The Labute approximate surface area is 436 Å². The van der Waals surface area contributed by atoms with Crippen molar-refractivity contribution in [2.24, 2.45) is 11.8 Å². The molecule has 3 aliphatic rings. The van der Waals surface area contributed by atoms with Gasteiger partial charge in [0.2, 0.25) is 0 Å². The summed E-state index contributed by atoms with van der Waals surface area (Å²) in [6, 6.07) is 26.8. The van der Waals surface area contributed by atoms with Crippen LogP contribution in [0.3, 0.4) is 0 Å². The molecule has 0 amide bonds. The van der Waals surface area contributed by atoms with Crippen LogP contribution in [0.5, 0.6) is 11.5 Å². The zero-order valence-electron chi connectivity index (χ0n) is 46.6. The van der Waals surface area contributed by atoms with E-state index in [2.05, 4.69) is 136 Å². The molecule has 3 aromatic rings. The Balaban J connectivity index is 1.06. The Bertz CT molecular complexity index is 2120. The number of rotatable bonds is 24. The molecule has 0 aliphatic carbocycles. The molecule has 3 heterocycles. The van der Waals surface area contributed by atoms with Crippen LogP contribution >= 0.6 is 0 Å². The van der Waals surface area contributed by atoms with E-state index in [9.17, 15) is 5.11 Å². The molecule has 3 fully saturated rings.